The van der Waals surface area contributed by atoms with Gasteiger partial charge in [0.25, 0.3) is 0 Å². The maximum atomic E-state index is 11.9. The minimum atomic E-state index is -0.112. The molecule has 43 heavy (non-hydrogen) atoms. The first kappa shape index (κ1) is 41.9. The molecular formula is C39H76O4. The zero-order valence-electron chi connectivity index (χ0n) is 29.4. The van der Waals surface area contributed by atoms with Crippen molar-refractivity contribution >= 4 is 11.9 Å². The first-order valence-corrected chi connectivity index (χ1v) is 19.5. The van der Waals surface area contributed by atoms with Crippen LogP contribution in [0.25, 0.3) is 0 Å². The summed E-state index contributed by atoms with van der Waals surface area (Å²) < 4.78 is 10.6. The highest BCUT2D eigenvalue weighted by molar-refractivity contribution is 5.69. The number of hydrogen-bond donors (Lipinski definition) is 0. The van der Waals surface area contributed by atoms with Crippen molar-refractivity contribution in [1.82, 2.24) is 0 Å². The highest BCUT2D eigenvalue weighted by Gasteiger charge is 2.05. The summed E-state index contributed by atoms with van der Waals surface area (Å²) in [4.78, 5) is 23.8. The molecule has 0 aliphatic rings. The summed E-state index contributed by atoms with van der Waals surface area (Å²) in [6.07, 6.45) is 41.4. The molecule has 0 aromatic carbocycles. The maximum Gasteiger partial charge on any atom is 0.305 e. The van der Waals surface area contributed by atoms with Crippen LogP contribution >= 0.6 is 0 Å². The topological polar surface area (TPSA) is 52.6 Å². The number of hydrogen-bond acceptors (Lipinski definition) is 4. The van der Waals surface area contributed by atoms with Gasteiger partial charge in [0.05, 0.1) is 13.2 Å². The molecule has 0 spiro atoms. The van der Waals surface area contributed by atoms with Gasteiger partial charge in [-0.1, -0.05) is 194 Å². The molecule has 0 N–H and O–H groups in total. The molecule has 0 saturated heterocycles. The third kappa shape index (κ3) is 37.0. The highest BCUT2D eigenvalue weighted by atomic mass is 16.5. The Kier molecular flexibility index (Phi) is 36.2. The van der Waals surface area contributed by atoms with Gasteiger partial charge in [-0.15, -0.1) is 0 Å². The molecule has 0 bridgehead atoms. The predicted octanol–water partition coefficient (Wildman–Crippen LogP) is 13.0. The summed E-state index contributed by atoms with van der Waals surface area (Å²) in [5, 5.41) is 0. The molecule has 4 nitrogen and oxygen atoms in total. The van der Waals surface area contributed by atoms with Crippen LogP contribution in [0.3, 0.4) is 0 Å². The second-order valence-electron chi connectivity index (χ2n) is 13.2. The third-order valence-corrected chi connectivity index (χ3v) is 8.78. The highest BCUT2D eigenvalue weighted by Crippen LogP contribution is 2.15. The lowest BCUT2D eigenvalue weighted by Crippen LogP contribution is -2.10. The van der Waals surface area contributed by atoms with Gasteiger partial charge < -0.3 is 9.47 Å². The Morgan fingerprint density at radius 3 is 0.744 bits per heavy atom. The fourth-order valence-corrected chi connectivity index (χ4v) is 5.86. The Balaban J connectivity index is 3.25. The summed E-state index contributed by atoms with van der Waals surface area (Å²) in [7, 11) is 0. The van der Waals surface area contributed by atoms with Gasteiger partial charge in [0.1, 0.15) is 0 Å². The fraction of sp³-hybridized carbons (Fsp3) is 0.949. The lowest BCUT2D eigenvalue weighted by atomic mass is 10.0. The van der Waals surface area contributed by atoms with Crippen molar-refractivity contribution in [2.45, 2.75) is 226 Å². The van der Waals surface area contributed by atoms with Gasteiger partial charge >= 0.3 is 11.9 Å². The number of rotatable bonds is 36. The number of carbonyl (C=O) groups excluding carboxylic acids is 2. The average molecular weight is 609 g/mol. The molecule has 0 amide bonds. The third-order valence-electron chi connectivity index (χ3n) is 8.78. The van der Waals surface area contributed by atoms with Crippen LogP contribution in [0.2, 0.25) is 0 Å². The van der Waals surface area contributed by atoms with Crippen LogP contribution in [0.15, 0.2) is 0 Å². The summed E-state index contributed by atoms with van der Waals surface area (Å²) in [6, 6.07) is 0. The standard InChI is InChI=1S/C39H76O4/c1-3-5-7-9-11-13-15-17-19-21-23-25-27-29-31-34-38(40)42-36-33-37-43-39(41)35-32-30-28-26-24-22-20-18-16-14-12-10-8-6-4-2/h3-37H2,1-2H3. The monoisotopic (exact) mass is 609 g/mol. The van der Waals surface area contributed by atoms with E-state index in [-0.39, 0.29) is 11.9 Å². The largest absolute Gasteiger partial charge is 0.466 e. The zero-order valence-corrected chi connectivity index (χ0v) is 29.4. The van der Waals surface area contributed by atoms with Crippen molar-refractivity contribution in [3.8, 4) is 0 Å². The Morgan fingerprint density at radius 1 is 0.302 bits per heavy atom. The van der Waals surface area contributed by atoms with Gasteiger partial charge in [0.2, 0.25) is 0 Å². The van der Waals surface area contributed by atoms with Crippen molar-refractivity contribution in [3.63, 3.8) is 0 Å². The normalized spacial score (nSPS) is 11.2. The van der Waals surface area contributed by atoms with Crippen molar-refractivity contribution in [2.75, 3.05) is 13.2 Å². The van der Waals surface area contributed by atoms with Crippen LogP contribution < -0.4 is 0 Å². The van der Waals surface area contributed by atoms with E-state index in [1.165, 1.54) is 167 Å². The van der Waals surface area contributed by atoms with E-state index in [9.17, 15) is 9.59 Å². The Bertz CT molecular complexity index is 513. The second kappa shape index (κ2) is 37.1. The lowest BCUT2D eigenvalue weighted by Gasteiger charge is -2.07. The minimum absolute atomic E-state index is 0.112. The molecule has 0 aliphatic heterocycles. The maximum absolute atomic E-state index is 11.9. The van der Waals surface area contributed by atoms with Crippen LogP contribution in [0.5, 0.6) is 0 Å². The van der Waals surface area contributed by atoms with Crippen LogP contribution in [0, 0.1) is 0 Å². The number of carbonyl (C=O) groups is 2. The smallest absolute Gasteiger partial charge is 0.305 e. The molecule has 4 heteroatoms. The van der Waals surface area contributed by atoms with Gasteiger partial charge in [-0.05, 0) is 12.8 Å². The molecule has 0 radical (unpaired) electrons. The second-order valence-corrected chi connectivity index (χ2v) is 13.2. The molecule has 0 saturated carbocycles. The Labute approximate surface area is 269 Å². The fourth-order valence-electron chi connectivity index (χ4n) is 5.86. The van der Waals surface area contributed by atoms with E-state index in [1.54, 1.807) is 0 Å². The molecule has 0 heterocycles. The van der Waals surface area contributed by atoms with Crippen LogP contribution in [0.1, 0.15) is 226 Å². The van der Waals surface area contributed by atoms with Crippen molar-refractivity contribution in [2.24, 2.45) is 0 Å². The average Bonchev–Trinajstić information content (AvgIpc) is 3.00. The Hall–Kier alpha value is -1.06. The number of ether oxygens (including phenoxy) is 2. The summed E-state index contributed by atoms with van der Waals surface area (Å²) in [5.41, 5.74) is 0. The van der Waals surface area contributed by atoms with E-state index in [2.05, 4.69) is 13.8 Å². The SMILES string of the molecule is CCCCCCCCCCCCCCCCCC(=O)OCCCOC(=O)CCCCCCCCCCCCCCCCC. The molecular weight excluding hydrogens is 532 g/mol. The van der Waals surface area contributed by atoms with E-state index in [0.29, 0.717) is 32.5 Å². The van der Waals surface area contributed by atoms with Crippen LogP contribution in [-0.2, 0) is 19.1 Å². The van der Waals surface area contributed by atoms with Gasteiger partial charge in [0, 0.05) is 19.3 Å². The minimum Gasteiger partial charge on any atom is -0.466 e. The van der Waals surface area contributed by atoms with Gasteiger partial charge in [-0.3, -0.25) is 9.59 Å². The van der Waals surface area contributed by atoms with Gasteiger partial charge in [-0.2, -0.15) is 0 Å². The van der Waals surface area contributed by atoms with E-state index < -0.39 is 0 Å². The molecule has 0 atom stereocenters. The van der Waals surface area contributed by atoms with E-state index in [0.717, 1.165) is 25.7 Å². The first-order valence-electron chi connectivity index (χ1n) is 19.5. The lowest BCUT2D eigenvalue weighted by molar-refractivity contribution is -0.146. The molecule has 0 aromatic rings. The molecule has 0 fully saturated rings. The van der Waals surface area contributed by atoms with Crippen LogP contribution in [-0.4, -0.2) is 25.2 Å². The van der Waals surface area contributed by atoms with Gasteiger partial charge in [-0.25, -0.2) is 0 Å². The quantitative estimate of drug-likeness (QED) is 0.0524. The van der Waals surface area contributed by atoms with Crippen molar-refractivity contribution < 1.29 is 19.1 Å². The van der Waals surface area contributed by atoms with Crippen molar-refractivity contribution in [3.05, 3.63) is 0 Å². The first-order chi connectivity index (χ1) is 21.2. The van der Waals surface area contributed by atoms with E-state index in [4.69, 9.17) is 9.47 Å². The zero-order chi connectivity index (χ0) is 31.3. The number of unbranched alkanes of at least 4 members (excludes halogenated alkanes) is 28. The van der Waals surface area contributed by atoms with E-state index in [1.807, 2.05) is 0 Å². The molecule has 256 valence electrons. The molecule has 0 aliphatic carbocycles. The summed E-state index contributed by atoms with van der Waals surface area (Å²) >= 11 is 0. The molecule has 0 rings (SSSR count). The molecule has 0 aromatic heterocycles. The predicted molar refractivity (Wildman–Crippen MR) is 186 cm³/mol. The van der Waals surface area contributed by atoms with E-state index >= 15 is 0 Å². The molecule has 0 unspecified atom stereocenters. The van der Waals surface area contributed by atoms with Crippen LogP contribution in [0.4, 0.5) is 0 Å². The summed E-state index contributed by atoms with van der Waals surface area (Å²) in [5.74, 6) is -0.224. The Morgan fingerprint density at radius 2 is 0.512 bits per heavy atom. The number of esters is 2. The summed E-state index contributed by atoms with van der Waals surface area (Å²) in [6.45, 7) is 5.26. The van der Waals surface area contributed by atoms with Crippen molar-refractivity contribution in [1.29, 1.82) is 0 Å². The van der Waals surface area contributed by atoms with Gasteiger partial charge in [0.15, 0.2) is 0 Å².